The topological polar surface area (TPSA) is 423 Å². The highest BCUT2D eigenvalue weighted by atomic mass is 31.2. The smallest absolute Gasteiger partial charge is 0.437 e. The van der Waals surface area contributed by atoms with Crippen LogP contribution >= 0.6 is 15.6 Å². The standard InChI is InChI=1S/C45H66F2N8O24P2/c1-10-44(30(56)27(46)35(78-44)55-18-50-29-32(55)52-38(49)53-33(29)58)16-70-80(64,72-19-66-36(59)42(5,6)7)73-20-67-37(60)43(8,9)15-24(4)77-41(63)69-22-75-81(65,74-21-68-40(62)76-23(2)3)71-17-45(25-11-12-25)31(57)28(47)34(79-45)54-14-13-26(48)51-39(54)61/h13-14,18,23-25,27-28,30-31,34-35,56-57H,10-12,15-17,19-22H2,1-9H3,(H2,48,51,61)(H3,49,52,53,58)/t24?,27-,28-,30+,31+,34-,35-,44-,45+,80?,81?/m1/s1. The molecule has 3 aromatic heterocycles. The average molecular weight is 1200 g/mol. The van der Waals surface area contributed by atoms with Crippen LogP contribution in [0.5, 0.6) is 0 Å². The number of nitrogens with zero attached hydrogens (tertiary/aromatic N) is 5. The van der Waals surface area contributed by atoms with Gasteiger partial charge in [-0.25, -0.2) is 55.4 Å². The molecule has 3 aliphatic rings. The fourth-order valence-electron chi connectivity index (χ4n) is 8.28. The number of imidazole rings is 1. The minimum Gasteiger partial charge on any atom is -0.437 e. The van der Waals surface area contributed by atoms with Crippen molar-refractivity contribution in [3.63, 3.8) is 0 Å². The van der Waals surface area contributed by atoms with Gasteiger partial charge in [-0.2, -0.15) is 9.97 Å². The van der Waals surface area contributed by atoms with Gasteiger partial charge in [-0.15, -0.1) is 0 Å². The summed E-state index contributed by atoms with van der Waals surface area (Å²) in [6.45, 7) is 6.75. The van der Waals surface area contributed by atoms with Crippen molar-refractivity contribution in [3.8, 4) is 0 Å². The molecule has 2 saturated heterocycles. The number of phosphoric ester groups is 2. The van der Waals surface area contributed by atoms with Crippen LogP contribution in [0.3, 0.4) is 0 Å². The molecule has 6 rings (SSSR count). The Morgan fingerprint density at radius 3 is 1.89 bits per heavy atom. The van der Waals surface area contributed by atoms with E-state index in [1.165, 1.54) is 68.4 Å². The molecule has 32 nitrogen and oxygen atoms in total. The van der Waals surface area contributed by atoms with Gasteiger partial charge in [0, 0.05) is 6.20 Å². The molecule has 81 heavy (non-hydrogen) atoms. The van der Waals surface area contributed by atoms with Crippen molar-refractivity contribution in [2.24, 2.45) is 16.7 Å². The molecule has 0 aromatic carbocycles. The van der Waals surface area contributed by atoms with Crippen molar-refractivity contribution < 1.29 is 112 Å². The van der Waals surface area contributed by atoms with Gasteiger partial charge in [0.1, 0.15) is 35.3 Å². The van der Waals surface area contributed by atoms with Gasteiger partial charge in [0.2, 0.25) is 33.1 Å². The molecule has 2 aliphatic heterocycles. The summed E-state index contributed by atoms with van der Waals surface area (Å²) in [7, 11) is -10.1. The second-order valence-corrected chi connectivity index (χ2v) is 24.1. The molecule has 11 atom stereocenters. The van der Waals surface area contributed by atoms with E-state index in [9.17, 15) is 48.1 Å². The Bertz CT molecular complexity index is 2960. The number of phosphoric acid groups is 2. The SMILES string of the molecule is CC[C@]1(COP(=O)(OCOC(=O)C(C)(C)C)OCOC(=O)C(C)(C)CC(C)OC(=O)OCOP(=O)(OCOC(=O)OC(C)C)OC[C@@]2(C3CC3)O[C@@H](n3ccc(N)nc3=O)[C@H](F)[C@@H]2O)O[C@@H](n2cnc3c(=O)[nH]c(N)nc32)[C@H](F)[C@@H]1O. The summed E-state index contributed by atoms with van der Waals surface area (Å²) in [5.41, 5.74) is 2.58. The fourth-order valence-corrected chi connectivity index (χ4v) is 10.2. The molecule has 0 amide bonds. The average Bonchev–Trinajstić information content (AvgIpc) is 4.05. The maximum Gasteiger partial charge on any atom is 0.510 e. The van der Waals surface area contributed by atoms with E-state index >= 15 is 8.78 Å². The number of carbonyl (C=O) groups excluding carboxylic acids is 4. The Morgan fingerprint density at radius 2 is 1.33 bits per heavy atom. The zero-order valence-electron chi connectivity index (χ0n) is 45.4. The first-order valence-corrected chi connectivity index (χ1v) is 27.9. The van der Waals surface area contributed by atoms with Gasteiger partial charge in [0.05, 0.1) is 36.5 Å². The maximum absolute atomic E-state index is 15.9. The van der Waals surface area contributed by atoms with Crippen LogP contribution in [0.1, 0.15) is 100 Å². The number of halogens is 2. The number of esters is 2. The van der Waals surface area contributed by atoms with Gasteiger partial charge >= 0.3 is 45.6 Å². The number of H-pyrrole nitrogens is 1. The van der Waals surface area contributed by atoms with Crippen LogP contribution in [0.25, 0.3) is 11.2 Å². The van der Waals surface area contributed by atoms with Gasteiger partial charge in [0.25, 0.3) is 5.56 Å². The number of aromatic nitrogens is 6. The van der Waals surface area contributed by atoms with Crippen LogP contribution in [0, 0.1) is 16.7 Å². The number of nitrogen functional groups attached to an aromatic ring is 2. The van der Waals surface area contributed by atoms with Crippen LogP contribution in [-0.2, 0) is 83.8 Å². The molecule has 3 aromatic rings. The minimum atomic E-state index is -5.05. The largest absolute Gasteiger partial charge is 0.510 e. The lowest BCUT2D eigenvalue weighted by Crippen LogP contribution is -2.48. The molecular weight excluding hydrogens is 1140 g/mol. The number of alkyl halides is 2. The highest BCUT2D eigenvalue weighted by molar-refractivity contribution is 7.48. The van der Waals surface area contributed by atoms with Crippen molar-refractivity contribution in [2.45, 2.75) is 148 Å². The molecule has 0 radical (unpaired) electrons. The van der Waals surface area contributed by atoms with Crippen LogP contribution in [0.4, 0.5) is 30.1 Å². The molecule has 0 spiro atoms. The normalized spacial score (nSPS) is 25.9. The third kappa shape index (κ3) is 15.7. The molecule has 36 heteroatoms. The molecule has 3 unspecified atom stereocenters. The van der Waals surface area contributed by atoms with E-state index < -0.39 is 169 Å². The Labute approximate surface area is 459 Å². The molecule has 1 aliphatic carbocycles. The van der Waals surface area contributed by atoms with E-state index in [-0.39, 0.29) is 35.8 Å². The van der Waals surface area contributed by atoms with E-state index in [1.54, 1.807) is 0 Å². The first-order valence-electron chi connectivity index (χ1n) is 24.9. The monoisotopic (exact) mass is 1200 g/mol. The second kappa shape index (κ2) is 25.8. The van der Waals surface area contributed by atoms with Crippen molar-refractivity contribution in [1.82, 2.24) is 29.1 Å². The number of aliphatic hydroxyl groups excluding tert-OH is 2. The zero-order chi connectivity index (χ0) is 60.0. The summed E-state index contributed by atoms with van der Waals surface area (Å²) in [4.78, 5) is 89.5. The van der Waals surface area contributed by atoms with E-state index in [0.717, 1.165) is 21.7 Å². The number of fused-ring (bicyclic) bond motifs is 1. The molecule has 7 N–H and O–H groups in total. The number of anilines is 2. The van der Waals surface area contributed by atoms with Crippen molar-refractivity contribution in [2.75, 3.05) is 51.9 Å². The van der Waals surface area contributed by atoms with Crippen LogP contribution < -0.4 is 22.7 Å². The predicted molar refractivity (Wildman–Crippen MR) is 267 cm³/mol. The van der Waals surface area contributed by atoms with Crippen LogP contribution in [0.2, 0.25) is 0 Å². The second-order valence-electron chi connectivity index (χ2n) is 20.8. The minimum absolute atomic E-state index is 0.165. The molecule has 1 saturated carbocycles. The quantitative estimate of drug-likeness (QED) is 0.0310. The highest BCUT2D eigenvalue weighted by Gasteiger charge is 2.63. The van der Waals surface area contributed by atoms with Gasteiger partial charge in [-0.3, -0.25) is 37.5 Å². The summed E-state index contributed by atoms with van der Waals surface area (Å²) < 4.78 is 135. The van der Waals surface area contributed by atoms with E-state index in [4.69, 9.17) is 76.5 Å². The number of aromatic amines is 1. The summed E-state index contributed by atoms with van der Waals surface area (Å²) in [5, 5.41) is 22.4. The number of nitrogens with two attached hydrogens (primary N) is 2. The highest BCUT2D eigenvalue weighted by Crippen LogP contribution is 2.57. The number of ether oxygens (including phenoxy) is 8. The first-order chi connectivity index (χ1) is 37.8. The summed E-state index contributed by atoms with van der Waals surface area (Å²) in [6, 6.07) is 1.20. The number of nitrogens with one attached hydrogen (secondary N) is 1. The summed E-state index contributed by atoms with van der Waals surface area (Å²) in [5.74, 6) is -2.92. The third-order valence-corrected chi connectivity index (χ3v) is 15.3. The van der Waals surface area contributed by atoms with E-state index in [2.05, 4.69) is 19.9 Å². The summed E-state index contributed by atoms with van der Waals surface area (Å²) in [6.07, 6.45) is -13.9. The molecule has 0 bridgehead atoms. The number of hydrogen-bond donors (Lipinski definition) is 5. The molecule has 454 valence electrons. The van der Waals surface area contributed by atoms with Crippen LogP contribution in [0.15, 0.2) is 28.2 Å². The number of rotatable bonds is 27. The van der Waals surface area contributed by atoms with Gasteiger partial charge in [0.15, 0.2) is 36.0 Å². The van der Waals surface area contributed by atoms with E-state index in [0.29, 0.717) is 12.8 Å². The fraction of sp³-hybridized carbons (Fsp3) is 0.711. The Morgan fingerprint density at radius 1 is 0.790 bits per heavy atom. The van der Waals surface area contributed by atoms with E-state index in [1.807, 2.05) is 0 Å². The lowest BCUT2D eigenvalue weighted by Gasteiger charge is -2.32. The maximum atomic E-state index is 15.9. The van der Waals surface area contributed by atoms with Gasteiger partial charge in [-0.05, 0) is 93.1 Å². The van der Waals surface area contributed by atoms with Crippen LogP contribution in [-0.4, -0.2) is 152 Å². The first kappa shape index (κ1) is 64.4. The number of hydrogen-bond acceptors (Lipinski definition) is 29. The Balaban J connectivity index is 1.05. The number of aliphatic hydroxyl groups is 2. The molecule has 3 fully saturated rings. The Hall–Kier alpha value is -5.77. The van der Waals surface area contributed by atoms with Crippen molar-refractivity contribution in [1.29, 1.82) is 0 Å². The number of carbonyl (C=O) groups is 4. The zero-order valence-corrected chi connectivity index (χ0v) is 47.2. The van der Waals surface area contributed by atoms with Gasteiger partial charge < -0.3 is 59.6 Å². The third-order valence-electron chi connectivity index (χ3n) is 12.7. The van der Waals surface area contributed by atoms with Crippen molar-refractivity contribution >= 4 is 62.8 Å². The summed E-state index contributed by atoms with van der Waals surface area (Å²) >= 11 is 0. The van der Waals surface area contributed by atoms with Gasteiger partial charge in [-0.1, -0.05) is 6.92 Å². The lowest BCUT2D eigenvalue weighted by molar-refractivity contribution is -0.167. The lowest BCUT2D eigenvalue weighted by atomic mass is 9.87. The molecular formula is C45H66F2N8O24P2. The Kier molecular flexibility index (Phi) is 20.5. The van der Waals surface area contributed by atoms with Crippen molar-refractivity contribution in [3.05, 3.63) is 39.4 Å². The predicted octanol–water partition coefficient (Wildman–Crippen LogP) is 4.09. The molecule has 5 heterocycles.